The number of nitrogens with one attached hydrogen (secondary N) is 1. The van der Waals surface area contributed by atoms with E-state index in [1.165, 1.54) is 23.1 Å². The lowest BCUT2D eigenvalue weighted by molar-refractivity contribution is 0.0782. The Morgan fingerprint density at radius 2 is 2.33 bits per heavy atom. The van der Waals surface area contributed by atoms with E-state index >= 15 is 0 Å². The van der Waals surface area contributed by atoms with Crippen LogP contribution >= 0.6 is 11.6 Å². The first-order chi connectivity index (χ1) is 8.58. The normalized spacial score (nSPS) is 10.4. The van der Waals surface area contributed by atoms with Crippen LogP contribution in [0, 0.1) is 5.82 Å². The molecule has 0 aliphatic rings. The molecule has 0 aliphatic carbocycles. The average molecular weight is 268 g/mol. The number of amides is 1. The number of carbonyl (C=O) groups excluding carboxylic acids is 1. The quantitative estimate of drug-likeness (QED) is 0.929. The van der Waals surface area contributed by atoms with Crippen molar-refractivity contribution in [3.63, 3.8) is 0 Å². The second-order valence-corrected chi connectivity index (χ2v) is 4.23. The van der Waals surface area contributed by atoms with Crippen molar-refractivity contribution in [2.24, 2.45) is 0 Å². The molecule has 6 heteroatoms. The molecule has 0 spiro atoms. The molecule has 4 nitrogen and oxygen atoms in total. The van der Waals surface area contributed by atoms with Crippen LogP contribution < -0.4 is 0 Å². The summed E-state index contributed by atoms with van der Waals surface area (Å²) in [5, 5.41) is -0.0627. The van der Waals surface area contributed by atoms with Crippen molar-refractivity contribution in [1.29, 1.82) is 0 Å². The number of aromatic amines is 1. The number of benzene rings is 1. The Hall–Kier alpha value is -1.88. The largest absolute Gasteiger partial charge is 0.347 e. The Morgan fingerprint density at radius 1 is 1.56 bits per heavy atom. The van der Waals surface area contributed by atoms with Crippen molar-refractivity contribution in [1.82, 2.24) is 14.9 Å². The number of carbonyl (C=O) groups is 1. The maximum Gasteiger partial charge on any atom is 0.254 e. The van der Waals surface area contributed by atoms with Gasteiger partial charge in [0.15, 0.2) is 0 Å². The minimum atomic E-state index is -0.540. The van der Waals surface area contributed by atoms with Crippen molar-refractivity contribution < 1.29 is 9.18 Å². The van der Waals surface area contributed by atoms with Crippen LogP contribution in [0.1, 0.15) is 16.2 Å². The van der Waals surface area contributed by atoms with Crippen LogP contribution in [-0.4, -0.2) is 27.8 Å². The summed E-state index contributed by atoms with van der Waals surface area (Å²) in [5.74, 6) is -0.103. The highest BCUT2D eigenvalue weighted by Crippen LogP contribution is 2.17. The van der Waals surface area contributed by atoms with Crippen molar-refractivity contribution in [3.05, 3.63) is 52.8 Å². The lowest BCUT2D eigenvalue weighted by Gasteiger charge is -2.15. The van der Waals surface area contributed by atoms with Gasteiger partial charge in [0.25, 0.3) is 5.91 Å². The maximum atomic E-state index is 13.0. The van der Waals surface area contributed by atoms with Gasteiger partial charge < -0.3 is 9.88 Å². The first-order valence-corrected chi connectivity index (χ1v) is 5.64. The summed E-state index contributed by atoms with van der Waals surface area (Å²) in [6.07, 6.45) is 3.30. The van der Waals surface area contributed by atoms with Gasteiger partial charge in [-0.2, -0.15) is 0 Å². The third-order valence-electron chi connectivity index (χ3n) is 2.46. The molecule has 2 aromatic rings. The topological polar surface area (TPSA) is 49.0 Å². The van der Waals surface area contributed by atoms with Gasteiger partial charge in [0.1, 0.15) is 11.6 Å². The number of hydrogen-bond donors (Lipinski definition) is 1. The van der Waals surface area contributed by atoms with Crippen LogP contribution in [0.4, 0.5) is 4.39 Å². The van der Waals surface area contributed by atoms with Gasteiger partial charge in [-0.05, 0) is 18.2 Å². The summed E-state index contributed by atoms with van der Waals surface area (Å²) >= 11 is 5.64. The number of aromatic nitrogens is 2. The van der Waals surface area contributed by atoms with E-state index in [1.807, 2.05) is 0 Å². The van der Waals surface area contributed by atoms with Crippen LogP contribution in [-0.2, 0) is 6.54 Å². The molecule has 0 saturated carbocycles. The molecule has 1 amide bonds. The zero-order valence-electron chi connectivity index (χ0n) is 9.65. The summed E-state index contributed by atoms with van der Waals surface area (Å²) in [5.41, 5.74) is 0.343. The van der Waals surface area contributed by atoms with Crippen LogP contribution in [0.15, 0.2) is 30.6 Å². The highest BCUT2D eigenvalue weighted by molar-refractivity contribution is 6.31. The summed E-state index contributed by atoms with van der Waals surface area (Å²) in [6.45, 7) is 0.348. The highest BCUT2D eigenvalue weighted by Gasteiger charge is 2.14. The van der Waals surface area contributed by atoms with Crippen molar-refractivity contribution in [2.45, 2.75) is 6.54 Å². The Morgan fingerprint density at radius 3 is 2.94 bits per heavy atom. The number of H-pyrrole nitrogens is 1. The average Bonchev–Trinajstić information content (AvgIpc) is 2.84. The predicted molar refractivity (Wildman–Crippen MR) is 65.8 cm³/mol. The SMILES string of the molecule is CN(Cc1ncc[nH]1)C(=O)c1ccc(F)c(Cl)c1. The summed E-state index contributed by atoms with van der Waals surface area (Å²) in [7, 11) is 1.64. The third-order valence-corrected chi connectivity index (χ3v) is 2.74. The molecular weight excluding hydrogens is 257 g/mol. The van der Waals surface area contributed by atoms with E-state index in [4.69, 9.17) is 11.6 Å². The zero-order chi connectivity index (χ0) is 13.1. The van der Waals surface area contributed by atoms with Crippen LogP contribution in [0.2, 0.25) is 5.02 Å². The summed E-state index contributed by atoms with van der Waals surface area (Å²) in [6, 6.07) is 3.90. The molecule has 0 aliphatic heterocycles. The number of rotatable bonds is 3. The molecule has 94 valence electrons. The van der Waals surface area contributed by atoms with Gasteiger partial charge in [-0.1, -0.05) is 11.6 Å². The first kappa shape index (κ1) is 12.6. The molecule has 0 radical (unpaired) electrons. The Labute approximate surface area is 108 Å². The van der Waals surface area contributed by atoms with Gasteiger partial charge in [0, 0.05) is 25.0 Å². The second kappa shape index (κ2) is 5.18. The predicted octanol–water partition coefficient (Wildman–Crippen LogP) is 2.47. The molecule has 0 unspecified atom stereocenters. The van der Waals surface area contributed by atoms with Crippen molar-refractivity contribution >= 4 is 17.5 Å². The monoisotopic (exact) mass is 267 g/mol. The molecule has 18 heavy (non-hydrogen) atoms. The number of nitrogens with zero attached hydrogens (tertiary/aromatic N) is 2. The third kappa shape index (κ3) is 2.68. The van der Waals surface area contributed by atoms with Gasteiger partial charge in [0.2, 0.25) is 0 Å². The zero-order valence-corrected chi connectivity index (χ0v) is 10.4. The lowest BCUT2D eigenvalue weighted by atomic mass is 10.2. The molecule has 1 aromatic heterocycles. The maximum absolute atomic E-state index is 13.0. The molecule has 0 saturated heterocycles. The van der Waals surface area contributed by atoms with Crippen LogP contribution in [0.5, 0.6) is 0 Å². The van der Waals surface area contributed by atoms with Crippen LogP contribution in [0.25, 0.3) is 0 Å². The van der Waals surface area contributed by atoms with Crippen molar-refractivity contribution in [3.8, 4) is 0 Å². The highest BCUT2D eigenvalue weighted by atomic mass is 35.5. The second-order valence-electron chi connectivity index (χ2n) is 3.83. The molecular formula is C12H11ClFN3O. The molecule has 0 fully saturated rings. The van der Waals surface area contributed by atoms with Gasteiger partial charge in [-0.3, -0.25) is 4.79 Å². The summed E-state index contributed by atoms with van der Waals surface area (Å²) < 4.78 is 13.0. The van der Waals surface area contributed by atoms with E-state index < -0.39 is 5.82 Å². The van der Waals surface area contributed by atoms with Gasteiger partial charge >= 0.3 is 0 Å². The van der Waals surface area contributed by atoms with E-state index in [-0.39, 0.29) is 10.9 Å². The first-order valence-electron chi connectivity index (χ1n) is 5.26. The van der Waals surface area contributed by atoms with E-state index in [0.717, 1.165) is 0 Å². The molecule has 1 N–H and O–H groups in total. The number of halogens is 2. The van der Waals surface area contributed by atoms with E-state index in [0.29, 0.717) is 17.9 Å². The molecule has 2 rings (SSSR count). The Kier molecular flexibility index (Phi) is 3.62. The molecule has 0 bridgehead atoms. The smallest absolute Gasteiger partial charge is 0.254 e. The molecule has 1 heterocycles. The number of imidazole rings is 1. The van der Waals surface area contributed by atoms with Gasteiger partial charge in [0.05, 0.1) is 11.6 Å². The van der Waals surface area contributed by atoms with Gasteiger partial charge in [-0.25, -0.2) is 9.37 Å². The Balaban J connectivity index is 2.12. The van der Waals surface area contributed by atoms with E-state index in [9.17, 15) is 9.18 Å². The van der Waals surface area contributed by atoms with E-state index in [1.54, 1.807) is 19.4 Å². The fraction of sp³-hybridized carbons (Fsp3) is 0.167. The van der Waals surface area contributed by atoms with Crippen LogP contribution in [0.3, 0.4) is 0 Å². The fourth-order valence-corrected chi connectivity index (χ4v) is 1.71. The van der Waals surface area contributed by atoms with Crippen molar-refractivity contribution in [2.75, 3.05) is 7.05 Å². The fourth-order valence-electron chi connectivity index (χ4n) is 1.53. The molecule has 1 aromatic carbocycles. The standard InChI is InChI=1S/C12H11ClFN3O/c1-17(7-11-15-4-5-16-11)12(18)8-2-3-10(14)9(13)6-8/h2-6H,7H2,1H3,(H,15,16). The Bertz CT molecular complexity index is 556. The minimum absolute atomic E-state index is 0.0627. The minimum Gasteiger partial charge on any atom is -0.347 e. The summed E-state index contributed by atoms with van der Waals surface area (Å²) in [4.78, 5) is 20.4. The van der Waals surface area contributed by atoms with E-state index in [2.05, 4.69) is 9.97 Å². The van der Waals surface area contributed by atoms with Gasteiger partial charge in [-0.15, -0.1) is 0 Å². The molecule has 0 atom stereocenters. The lowest BCUT2D eigenvalue weighted by Crippen LogP contribution is -2.26. The number of hydrogen-bond acceptors (Lipinski definition) is 2.